The Bertz CT molecular complexity index is 931. The number of aromatic nitrogens is 2. The summed E-state index contributed by atoms with van der Waals surface area (Å²) in [6.45, 7) is 3.47. The fourth-order valence-corrected chi connectivity index (χ4v) is 5.20. The van der Waals surface area contributed by atoms with Gasteiger partial charge in [0.05, 0.1) is 23.6 Å². The Hall–Kier alpha value is -1.81. The van der Waals surface area contributed by atoms with Crippen molar-refractivity contribution in [3.05, 3.63) is 29.6 Å². The molecule has 1 aliphatic carbocycles. The van der Waals surface area contributed by atoms with E-state index in [9.17, 15) is 8.42 Å². The van der Waals surface area contributed by atoms with Crippen LogP contribution in [0.4, 0.5) is 0 Å². The molecule has 1 aromatic heterocycles. The lowest BCUT2D eigenvalue weighted by atomic mass is 9.77. The molecule has 1 saturated heterocycles. The van der Waals surface area contributed by atoms with Crippen molar-refractivity contribution in [2.45, 2.75) is 43.0 Å². The molecule has 2 aliphatic rings. The number of morpholine rings is 1. The van der Waals surface area contributed by atoms with Gasteiger partial charge in [0, 0.05) is 18.7 Å². The van der Waals surface area contributed by atoms with E-state index >= 15 is 0 Å². The van der Waals surface area contributed by atoms with E-state index in [1.54, 1.807) is 6.07 Å². The van der Waals surface area contributed by atoms with Crippen molar-refractivity contribution in [3.8, 4) is 11.5 Å². The zero-order chi connectivity index (χ0) is 19.1. The molecule has 2 aromatic rings. The zero-order valence-electron chi connectivity index (χ0n) is 15.3. The molecule has 0 radical (unpaired) electrons. The van der Waals surface area contributed by atoms with E-state index in [-0.39, 0.29) is 4.90 Å². The summed E-state index contributed by atoms with van der Waals surface area (Å²) in [5.41, 5.74) is 7.09. The number of hydrogen-bond acceptors (Lipinski definition) is 7. The lowest BCUT2D eigenvalue weighted by Gasteiger charge is -2.34. The first-order valence-electron chi connectivity index (χ1n) is 9.28. The maximum atomic E-state index is 13.2. The van der Waals surface area contributed by atoms with Crippen LogP contribution >= 0.6 is 0 Å². The minimum Gasteiger partial charge on any atom is -0.379 e. The molecular weight excluding hydrogens is 368 g/mol. The van der Waals surface area contributed by atoms with Crippen LogP contribution in [0.5, 0.6) is 0 Å². The predicted molar refractivity (Wildman–Crippen MR) is 98.4 cm³/mol. The van der Waals surface area contributed by atoms with Crippen molar-refractivity contribution >= 4 is 10.0 Å². The number of rotatable bonds is 5. The topological polar surface area (TPSA) is 112 Å². The van der Waals surface area contributed by atoms with Gasteiger partial charge in [-0.05, 0) is 43.4 Å². The maximum Gasteiger partial charge on any atom is 0.258 e. The monoisotopic (exact) mass is 392 g/mol. The third-order valence-electron chi connectivity index (χ3n) is 5.40. The van der Waals surface area contributed by atoms with E-state index in [2.05, 4.69) is 10.1 Å². The van der Waals surface area contributed by atoms with Crippen LogP contribution in [-0.4, -0.2) is 49.2 Å². The lowest BCUT2D eigenvalue weighted by molar-refractivity contribution is 0.0730. The number of aryl methyl sites for hydroxylation is 1. The average Bonchev–Trinajstić information content (AvgIpc) is 3.17. The highest BCUT2D eigenvalue weighted by Crippen LogP contribution is 2.38. The molecule has 1 saturated carbocycles. The van der Waals surface area contributed by atoms with Crippen molar-refractivity contribution in [3.63, 3.8) is 0 Å². The van der Waals surface area contributed by atoms with Crippen molar-refractivity contribution < 1.29 is 17.7 Å². The number of sulfonamides is 1. The van der Waals surface area contributed by atoms with E-state index in [1.165, 1.54) is 4.31 Å². The molecule has 0 amide bonds. The van der Waals surface area contributed by atoms with Crippen molar-refractivity contribution in [2.75, 3.05) is 26.3 Å². The molecular formula is C18H24N4O4S. The lowest BCUT2D eigenvalue weighted by Crippen LogP contribution is -2.44. The number of ether oxygens (including phenoxy) is 1. The second-order valence-electron chi connectivity index (χ2n) is 7.13. The van der Waals surface area contributed by atoms with Gasteiger partial charge < -0.3 is 15.0 Å². The second-order valence-corrected chi connectivity index (χ2v) is 9.03. The summed E-state index contributed by atoms with van der Waals surface area (Å²) in [6, 6.07) is 5.26. The van der Waals surface area contributed by atoms with Crippen LogP contribution in [0.15, 0.2) is 27.6 Å². The minimum absolute atomic E-state index is 0.287. The molecule has 1 aromatic carbocycles. The SMILES string of the molecule is CCc1ccc(-c2nc(C3(N)CCC3)no2)cc1S(=O)(=O)N1CCOCC1. The number of hydrogen-bond donors (Lipinski definition) is 1. The van der Waals surface area contributed by atoms with E-state index in [0.717, 1.165) is 24.8 Å². The quantitative estimate of drug-likeness (QED) is 0.823. The van der Waals surface area contributed by atoms with Crippen LogP contribution < -0.4 is 5.73 Å². The first-order chi connectivity index (χ1) is 12.9. The largest absolute Gasteiger partial charge is 0.379 e. The van der Waals surface area contributed by atoms with E-state index in [4.69, 9.17) is 15.0 Å². The van der Waals surface area contributed by atoms with Gasteiger partial charge in [-0.2, -0.15) is 9.29 Å². The van der Waals surface area contributed by atoms with E-state index in [0.29, 0.717) is 50.0 Å². The van der Waals surface area contributed by atoms with Gasteiger partial charge in [0.1, 0.15) is 0 Å². The van der Waals surface area contributed by atoms with E-state index in [1.807, 2.05) is 19.1 Å². The molecule has 0 bridgehead atoms. The van der Waals surface area contributed by atoms with Crippen LogP contribution in [0.25, 0.3) is 11.5 Å². The molecule has 2 heterocycles. The Morgan fingerprint density at radius 1 is 1.26 bits per heavy atom. The van der Waals surface area contributed by atoms with Crippen molar-refractivity contribution in [1.82, 2.24) is 14.4 Å². The summed E-state index contributed by atoms with van der Waals surface area (Å²) in [4.78, 5) is 4.72. The van der Waals surface area contributed by atoms with Crippen LogP contribution in [0.3, 0.4) is 0 Å². The van der Waals surface area contributed by atoms with Gasteiger partial charge in [-0.15, -0.1) is 0 Å². The fourth-order valence-electron chi connectivity index (χ4n) is 3.47. The van der Waals surface area contributed by atoms with Gasteiger partial charge >= 0.3 is 0 Å². The van der Waals surface area contributed by atoms with Gasteiger partial charge in [-0.25, -0.2) is 8.42 Å². The second kappa shape index (κ2) is 6.97. The normalized spacial score (nSPS) is 20.4. The number of benzene rings is 1. The summed E-state index contributed by atoms with van der Waals surface area (Å²) in [6.07, 6.45) is 3.32. The first-order valence-corrected chi connectivity index (χ1v) is 10.7. The Morgan fingerprint density at radius 3 is 2.63 bits per heavy atom. The van der Waals surface area contributed by atoms with Gasteiger partial charge in [-0.3, -0.25) is 0 Å². The number of nitrogens with two attached hydrogens (primary N) is 1. The number of nitrogens with zero attached hydrogens (tertiary/aromatic N) is 3. The van der Waals surface area contributed by atoms with Gasteiger partial charge in [0.25, 0.3) is 5.89 Å². The Balaban J connectivity index is 1.71. The summed E-state index contributed by atoms with van der Waals surface area (Å²) < 4.78 is 38.4. The molecule has 4 rings (SSSR count). The summed E-state index contributed by atoms with van der Waals surface area (Å²) in [5.74, 6) is 0.781. The zero-order valence-corrected chi connectivity index (χ0v) is 16.2. The molecule has 0 unspecified atom stereocenters. The first kappa shape index (κ1) is 18.5. The molecule has 2 N–H and O–H groups in total. The summed E-state index contributed by atoms with van der Waals surface area (Å²) in [7, 11) is -3.61. The Labute approximate surface area is 158 Å². The Morgan fingerprint density at radius 2 is 2.00 bits per heavy atom. The third kappa shape index (κ3) is 3.29. The molecule has 8 nitrogen and oxygen atoms in total. The molecule has 0 atom stereocenters. The van der Waals surface area contributed by atoms with Crippen LogP contribution in [0.1, 0.15) is 37.6 Å². The standard InChI is InChI=1S/C18H24N4O4S/c1-2-13-4-5-14(16-20-17(21-26-16)18(19)6-3-7-18)12-15(13)27(23,24)22-8-10-25-11-9-22/h4-5,12H,2-3,6-11,19H2,1H3. The van der Waals surface area contributed by atoms with Gasteiger partial charge in [0.15, 0.2) is 5.82 Å². The summed E-state index contributed by atoms with van der Waals surface area (Å²) in [5, 5.41) is 4.02. The van der Waals surface area contributed by atoms with Crippen LogP contribution in [0.2, 0.25) is 0 Å². The highest BCUT2D eigenvalue weighted by molar-refractivity contribution is 7.89. The molecule has 2 fully saturated rings. The summed E-state index contributed by atoms with van der Waals surface area (Å²) >= 11 is 0. The Kier molecular flexibility index (Phi) is 4.79. The van der Waals surface area contributed by atoms with Gasteiger partial charge in [-0.1, -0.05) is 18.1 Å². The van der Waals surface area contributed by atoms with Crippen LogP contribution in [-0.2, 0) is 26.7 Å². The third-order valence-corrected chi connectivity index (χ3v) is 7.38. The average molecular weight is 392 g/mol. The predicted octanol–water partition coefficient (Wildman–Crippen LogP) is 1.66. The highest BCUT2D eigenvalue weighted by Gasteiger charge is 2.39. The van der Waals surface area contributed by atoms with Crippen molar-refractivity contribution in [1.29, 1.82) is 0 Å². The molecule has 1 aliphatic heterocycles. The minimum atomic E-state index is -3.61. The van der Waals surface area contributed by atoms with E-state index < -0.39 is 15.6 Å². The van der Waals surface area contributed by atoms with Gasteiger partial charge in [0.2, 0.25) is 10.0 Å². The molecule has 9 heteroatoms. The molecule has 27 heavy (non-hydrogen) atoms. The van der Waals surface area contributed by atoms with Crippen LogP contribution in [0, 0.1) is 0 Å². The molecule has 0 spiro atoms. The highest BCUT2D eigenvalue weighted by atomic mass is 32.2. The smallest absolute Gasteiger partial charge is 0.258 e. The van der Waals surface area contributed by atoms with Crippen molar-refractivity contribution in [2.24, 2.45) is 5.73 Å². The maximum absolute atomic E-state index is 13.2. The molecule has 146 valence electrons. The fraction of sp³-hybridized carbons (Fsp3) is 0.556.